The van der Waals surface area contributed by atoms with Crippen LogP contribution in [0.3, 0.4) is 0 Å². The largest absolute Gasteiger partial charge is 0.493 e. The number of non-ortho nitro benzene ring substituents is 1. The predicted molar refractivity (Wildman–Crippen MR) is 100.0 cm³/mol. The number of carbonyl (C=O) groups excluding carboxylic acids is 2. The number of hydrogen-bond donors (Lipinski definition) is 0. The number of carbonyl (C=O) groups is 2. The Balaban J connectivity index is 2.39. The quantitative estimate of drug-likeness (QED) is 0.202. The summed E-state index contributed by atoms with van der Waals surface area (Å²) in [7, 11) is 4.34. The monoisotopic (exact) mass is 384 g/mol. The van der Waals surface area contributed by atoms with E-state index in [0.717, 1.165) is 0 Å². The summed E-state index contributed by atoms with van der Waals surface area (Å²) >= 11 is 0. The van der Waals surface area contributed by atoms with E-state index in [0.29, 0.717) is 22.6 Å². The minimum Gasteiger partial charge on any atom is -0.493 e. The van der Waals surface area contributed by atoms with Crippen LogP contribution in [-0.4, -0.2) is 42.9 Å². The standard InChI is InChI=1S/C19H16N2O7/c1-26-16-7-6-14(18(27-2)19(16)28-3)20-9-11-4-5-12(21(24)25)8-13(11)17(20)15(23)10-22/h4-10H,1-3H3. The van der Waals surface area contributed by atoms with Crippen LogP contribution in [0.25, 0.3) is 16.5 Å². The highest BCUT2D eigenvalue weighted by molar-refractivity contribution is 6.36. The average molecular weight is 384 g/mol. The summed E-state index contributed by atoms with van der Waals surface area (Å²) in [5.74, 6) is 0.165. The van der Waals surface area contributed by atoms with Crippen LogP contribution in [0.1, 0.15) is 10.5 Å². The smallest absolute Gasteiger partial charge is 0.270 e. The van der Waals surface area contributed by atoms with Crippen LogP contribution in [0, 0.1) is 10.1 Å². The number of aldehydes is 1. The van der Waals surface area contributed by atoms with Crippen molar-refractivity contribution in [1.82, 2.24) is 4.57 Å². The van der Waals surface area contributed by atoms with Crippen molar-refractivity contribution in [3.63, 3.8) is 0 Å². The molecule has 0 N–H and O–H groups in total. The van der Waals surface area contributed by atoms with E-state index in [1.807, 2.05) is 0 Å². The van der Waals surface area contributed by atoms with Crippen molar-refractivity contribution in [3.05, 3.63) is 52.3 Å². The molecule has 0 saturated heterocycles. The van der Waals surface area contributed by atoms with E-state index in [2.05, 4.69) is 0 Å². The first-order valence-corrected chi connectivity index (χ1v) is 8.05. The van der Waals surface area contributed by atoms with Crippen molar-refractivity contribution in [2.75, 3.05) is 21.3 Å². The van der Waals surface area contributed by atoms with Gasteiger partial charge in [0, 0.05) is 29.1 Å². The van der Waals surface area contributed by atoms with E-state index in [9.17, 15) is 19.7 Å². The summed E-state index contributed by atoms with van der Waals surface area (Å²) in [5.41, 5.74) is 0.202. The number of methoxy groups -OCH3 is 3. The van der Waals surface area contributed by atoms with Crippen LogP contribution >= 0.6 is 0 Å². The molecule has 0 fully saturated rings. The van der Waals surface area contributed by atoms with Crippen molar-refractivity contribution < 1.29 is 28.7 Å². The van der Waals surface area contributed by atoms with Gasteiger partial charge in [0.15, 0.2) is 17.8 Å². The van der Waals surface area contributed by atoms with Crippen LogP contribution in [-0.2, 0) is 4.79 Å². The van der Waals surface area contributed by atoms with Crippen molar-refractivity contribution >= 4 is 28.5 Å². The van der Waals surface area contributed by atoms with Crippen LogP contribution < -0.4 is 14.2 Å². The number of benzene rings is 2. The predicted octanol–water partition coefficient (Wildman–Crippen LogP) is 2.95. The van der Waals surface area contributed by atoms with Gasteiger partial charge in [0.2, 0.25) is 11.5 Å². The second-order valence-electron chi connectivity index (χ2n) is 5.71. The summed E-state index contributed by atoms with van der Waals surface area (Å²) in [4.78, 5) is 34.2. The van der Waals surface area contributed by atoms with Gasteiger partial charge in [0.05, 0.1) is 31.9 Å². The van der Waals surface area contributed by atoms with Crippen molar-refractivity contribution in [1.29, 1.82) is 0 Å². The summed E-state index contributed by atoms with van der Waals surface area (Å²) in [6.07, 6.45) is 1.76. The zero-order valence-electron chi connectivity index (χ0n) is 15.3. The van der Waals surface area contributed by atoms with Gasteiger partial charge in [-0.05, 0) is 18.2 Å². The van der Waals surface area contributed by atoms with Crippen LogP contribution in [0.2, 0.25) is 0 Å². The Labute approximate surface area is 159 Å². The second kappa shape index (κ2) is 7.39. The molecule has 3 aromatic rings. The number of ether oxygens (including phenoxy) is 3. The van der Waals surface area contributed by atoms with Gasteiger partial charge in [-0.2, -0.15) is 0 Å². The molecule has 1 heterocycles. The molecule has 1 aromatic heterocycles. The minimum atomic E-state index is -0.827. The molecule has 0 aliphatic rings. The van der Waals surface area contributed by atoms with Gasteiger partial charge in [-0.3, -0.25) is 19.7 Å². The van der Waals surface area contributed by atoms with E-state index in [1.165, 1.54) is 44.1 Å². The van der Waals surface area contributed by atoms with Crippen LogP contribution in [0.15, 0.2) is 36.5 Å². The lowest BCUT2D eigenvalue weighted by atomic mass is 10.1. The highest BCUT2D eigenvalue weighted by atomic mass is 16.6. The molecule has 3 rings (SSSR count). The van der Waals surface area contributed by atoms with Gasteiger partial charge in [-0.1, -0.05) is 0 Å². The van der Waals surface area contributed by atoms with Gasteiger partial charge in [0.25, 0.3) is 5.69 Å². The fraction of sp³-hybridized carbons (Fsp3) is 0.158. The van der Waals surface area contributed by atoms with Crippen LogP contribution in [0.4, 0.5) is 5.69 Å². The van der Waals surface area contributed by atoms with Gasteiger partial charge < -0.3 is 18.8 Å². The van der Waals surface area contributed by atoms with Gasteiger partial charge >= 0.3 is 0 Å². The van der Waals surface area contributed by atoms with Crippen molar-refractivity contribution in [2.24, 2.45) is 0 Å². The number of fused-ring (bicyclic) bond motifs is 1. The molecule has 0 amide bonds. The zero-order chi connectivity index (χ0) is 20.4. The molecule has 28 heavy (non-hydrogen) atoms. The maximum absolute atomic E-state index is 12.4. The highest BCUT2D eigenvalue weighted by Crippen LogP contribution is 2.43. The van der Waals surface area contributed by atoms with Gasteiger partial charge in [-0.15, -0.1) is 0 Å². The molecule has 0 radical (unpaired) electrons. The first-order valence-electron chi connectivity index (χ1n) is 8.05. The Kier molecular flexibility index (Phi) is 4.99. The molecular weight excluding hydrogens is 368 g/mol. The first-order chi connectivity index (χ1) is 13.5. The number of hydrogen-bond acceptors (Lipinski definition) is 7. The summed E-state index contributed by atoms with van der Waals surface area (Å²) in [5, 5.41) is 11.9. The fourth-order valence-corrected chi connectivity index (χ4v) is 3.08. The van der Waals surface area contributed by atoms with Gasteiger partial charge in [0.1, 0.15) is 5.69 Å². The maximum Gasteiger partial charge on any atom is 0.270 e. The van der Waals surface area contributed by atoms with E-state index in [1.54, 1.807) is 18.3 Å². The molecule has 0 saturated carbocycles. The molecule has 0 aliphatic carbocycles. The molecule has 9 nitrogen and oxygen atoms in total. The minimum absolute atomic E-state index is 0.0146. The third-order valence-electron chi connectivity index (χ3n) is 4.30. The number of Topliss-reactive ketones (excluding diaryl/α,β-unsaturated/α-hetero) is 1. The molecule has 0 spiro atoms. The summed E-state index contributed by atoms with van der Waals surface area (Å²) in [6, 6.07) is 7.36. The Morgan fingerprint density at radius 3 is 2.36 bits per heavy atom. The van der Waals surface area contributed by atoms with Crippen LogP contribution in [0.5, 0.6) is 17.2 Å². The number of nitro benzene ring substituents is 1. The molecule has 0 unspecified atom stereocenters. The number of nitrogens with zero attached hydrogens (tertiary/aromatic N) is 2. The number of aromatic nitrogens is 1. The maximum atomic E-state index is 12.4. The van der Waals surface area contributed by atoms with Gasteiger partial charge in [-0.25, -0.2) is 0 Å². The SMILES string of the molecule is COc1ccc(-n2cc3ccc([N+](=O)[O-])cc3c2C(=O)C=O)c(OC)c1OC. The lowest BCUT2D eigenvalue weighted by Gasteiger charge is -2.17. The zero-order valence-corrected chi connectivity index (χ0v) is 15.3. The molecular formula is C19H16N2O7. The normalized spacial score (nSPS) is 10.5. The second-order valence-corrected chi connectivity index (χ2v) is 5.71. The third-order valence-corrected chi connectivity index (χ3v) is 4.30. The van der Waals surface area contributed by atoms with E-state index >= 15 is 0 Å². The molecule has 0 bridgehead atoms. The summed E-state index contributed by atoms with van der Waals surface area (Å²) < 4.78 is 17.5. The Bertz CT molecular complexity index is 1100. The fourth-order valence-electron chi connectivity index (χ4n) is 3.08. The lowest BCUT2D eigenvalue weighted by molar-refractivity contribution is -0.384. The summed E-state index contributed by atoms with van der Waals surface area (Å²) in [6.45, 7) is 0. The third kappa shape index (κ3) is 2.92. The lowest BCUT2D eigenvalue weighted by Crippen LogP contribution is -2.10. The molecule has 9 heteroatoms. The first kappa shape index (κ1) is 18.9. The van der Waals surface area contributed by atoms with Crippen molar-refractivity contribution in [2.45, 2.75) is 0 Å². The highest BCUT2D eigenvalue weighted by Gasteiger charge is 2.24. The molecule has 0 aliphatic heterocycles. The molecule has 144 valence electrons. The van der Waals surface area contributed by atoms with E-state index < -0.39 is 10.7 Å². The molecule has 0 atom stereocenters. The Morgan fingerprint density at radius 1 is 1.07 bits per heavy atom. The topological polar surface area (TPSA) is 110 Å². The molecule has 2 aromatic carbocycles. The number of nitro groups is 1. The average Bonchev–Trinajstić information content (AvgIpc) is 3.10. The van der Waals surface area contributed by atoms with Crippen molar-refractivity contribution in [3.8, 4) is 22.9 Å². The number of rotatable bonds is 7. The van der Waals surface area contributed by atoms with E-state index in [4.69, 9.17) is 14.2 Å². The number of ketones is 1. The van der Waals surface area contributed by atoms with E-state index in [-0.39, 0.29) is 28.8 Å². The Hall–Kier alpha value is -3.88. The Morgan fingerprint density at radius 2 is 1.79 bits per heavy atom.